The third-order valence-corrected chi connectivity index (χ3v) is 9.94. The van der Waals surface area contributed by atoms with Crippen LogP contribution >= 0.6 is 15.7 Å². The first-order valence-corrected chi connectivity index (χ1v) is 18.6. The van der Waals surface area contributed by atoms with E-state index >= 15 is 0 Å². The molecule has 0 saturated heterocycles. The standard InChI is InChI=1S/C32H32O6P2.3C2H6/c1-35-32(33)39(36-2)31-19-15-25(16-20-31)14-18-30-22-28-8-6-5-7-27(28)21-29(30)17-13-24-9-11-26(12-10-24)23-40(34,37-3)38-4;3*1-2/h5-22H,23H2,1-4H3;3*1-2H3. The Morgan fingerprint density at radius 1 is 0.652 bits per heavy atom. The number of hydrogen-bond donors (Lipinski definition) is 0. The molecule has 8 heteroatoms. The summed E-state index contributed by atoms with van der Waals surface area (Å²) in [6.07, 6.45) is 8.53. The van der Waals surface area contributed by atoms with Gasteiger partial charge in [-0.25, -0.2) is 4.79 Å². The van der Waals surface area contributed by atoms with Gasteiger partial charge < -0.3 is 18.3 Å². The van der Waals surface area contributed by atoms with Crippen LogP contribution in [0, 0.1) is 0 Å². The molecule has 0 spiro atoms. The molecule has 0 N–H and O–H groups in total. The average Bonchev–Trinajstić information content (AvgIpc) is 3.13. The molecular formula is C38H50O6P2. The number of carbonyl (C=O) groups is 1. The molecule has 0 bridgehead atoms. The van der Waals surface area contributed by atoms with Gasteiger partial charge in [0.15, 0.2) is 8.15 Å². The summed E-state index contributed by atoms with van der Waals surface area (Å²) in [7, 11) is 1.10. The van der Waals surface area contributed by atoms with Gasteiger partial charge in [0, 0.05) is 26.6 Å². The maximum Gasteiger partial charge on any atom is 0.358 e. The molecule has 1 atom stereocenters. The highest BCUT2D eigenvalue weighted by molar-refractivity contribution is 7.76. The van der Waals surface area contributed by atoms with Gasteiger partial charge >= 0.3 is 13.3 Å². The molecule has 0 aliphatic carbocycles. The van der Waals surface area contributed by atoms with E-state index in [0.717, 1.165) is 43.9 Å². The van der Waals surface area contributed by atoms with E-state index in [2.05, 4.69) is 48.6 Å². The van der Waals surface area contributed by atoms with Crippen molar-refractivity contribution in [1.29, 1.82) is 0 Å². The predicted molar refractivity (Wildman–Crippen MR) is 200 cm³/mol. The molecule has 46 heavy (non-hydrogen) atoms. The van der Waals surface area contributed by atoms with E-state index in [1.165, 1.54) is 28.4 Å². The smallest absolute Gasteiger partial charge is 0.358 e. The van der Waals surface area contributed by atoms with Crippen molar-refractivity contribution >= 4 is 61.8 Å². The van der Waals surface area contributed by atoms with Crippen molar-refractivity contribution in [2.75, 3.05) is 28.4 Å². The molecular weight excluding hydrogens is 614 g/mol. The van der Waals surface area contributed by atoms with Crippen molar-refractivity contribution in [3.8, 4) is 0 Å². The molecule has 4 aromatic rings. The van der Waals surface area contributed by atoms with Crippen LogP contribution in [0.15, 0.2) is 84.9 Å². The molecule has 0 aliphatic heterocycles. The van der Waals surface area contributed by atoms with Gasteiger partial charge in [0.2, 0.25) is 0 Å². The van der Waals surface area contributed by atoms with Crippen LogP contribution in [0.5, 0.6) is 0 Å². The van der Waals surface area contributed by atoms with E-state index in [1.807, 2.05) is 102 Å². The van der Waals surface area contributed by atoms with Gasteiger partial charge in [-0.05, 0) is 50.7 Å². The lowest BCUT2D eigenvalue weighted by Gasteiger charge is -2.13. The van der Waals surface area contributed by atoms with Crippen molar-refractivity contribution in [3.05, 3.63) is 113 Å². The topological polar surface area (TPSA) is 71.1 Å². The number of carbonyl (C=O) groups excluding carboxylic acids is 1. The highest BCUT2D eigenvalue weighted by Gasteiger charge is 2.22. The van der Waals surface area contributed by atoms with Crippen LogP contribution in [0.4, 0.5) is 4.79 Å². The van der Waals surface area contributed by atoms with E-state index in [4.69, 9.17) is 18.3 Å². The molecule has 248 valence electrons. The van der Waals surface area contributed by atoms with Crippen molar-refractivity contribution in [3.63, 3.8) is 0 Å². The van der Waals surface area contributed by atoms with Gasteiger partial charge in [0.05, 0.1) is 13.3 Å². The molecule has 0 fully saturated rings. The molecule has 4 rings (SSSR count). The molecule has 4 aromatic carbocycles. The van der Waals surface area contributed by atoms with Gasteiger partial charge in [-0.3, -0.25) is 4.57 Å². The summed E-state index contributed by atoms with van der Waals surface area (Å²) >= 11 is 0. The highest BCUT2D eigenvalue weighted by atomic mass is 31.2. The first-order valence-electron chi connectivity index (χ1n) is 15.6. The van der Waals surface area contributed by atoms with Gasteiger partial charge in [-0.2, -0.15) is 0 Å². The Hall–Kier alpha value is -3.37. The predicted octanol–water partition coefficient (Wildman–Crippen LogP) is 11.7. The fraction of sp³-hybridized carbons (Fsp3) is 0.289. The minimum Gasteiger partial charge on any atom is -0.464 e. The van der Waals surface area contributed by atoms with Gasteiger partial charge in [0.25, 0.3) is 0 Å². The second kappa shape index (κ2) is 22.2. The second-order valence-electron chi connectivity index (χ2n) is 8.91. The third-order valence-electron chi connectivity index (χ3n) is 6.42. The Morgan fingerprint density at radius 2 is 1.09 bits per heavy atom. The molecule has 1 unspecified atom stereocenters. The number of hydrogen-bond acceptors (Lipinski definition) is 6. The Morgan fingerprint density at radius 3 is 1.48 bits per heavy atom. The lowest BCUT2D eigenvalue weighted by molar-refractivity contribution is 0.196. The Labute approximate surface area is 277 Å². The number of ether oxygens (including phenoxy) is 1. The van der Waals surface area contributed by atoms with Gasteiger partial charge in [-0.1, -0.05) is 139 Å². The largest absolute Gasteiger partial charge is 0.464 e. The summed E-state index contributed by atoms with van der Waals surface area (Å²) < 4.78 is 32.8. The van der Waals surface area contributed by atoms with E-state index in [1.54, 1.807) is 0 Å². The van der Waals surface area contributed by atoms with Gasteiger partial charge in [-0.15, -0.1) is 0 Å². The number of rotatable bonds is 11. The van der Waals surface area contributed by atoms with Crippen molar-refractivity contribution in [1.82, 2.24) is 0 Å². The fourth-order valence-electron chi connectivity index (χ4n) is 4.19. The minimum atomic E-state index is -3.11. The zero-order chi connectivity index (χ0) is 34.5. The number of fused-ring (bicyclic) bond motifs is 1. The lowest BCUT2D eigenvalue weighted by atomic mass is 9.99. The monoisotopic (exact) mass is 664 g/mol. The van der Waals surface area contributed by atoms with E-state index in [-0.39, 0.29) is 11.9 Å². The summed E-state index contributed by atoms with van der Waals surface area (Å²) in [5.41, 5.74) is 4.69. The Bertz CT molecular complexity index is 1550. The summed E-state index contributed by atoms with van der Waals surface area (Å²) in [6, 6.07) is 28.2. The van der Waals surface area contributed by atoms with Crippen molar-refractivity contribution in [2.24, 2.45) is 0 Å². The van der Waals surface area contributed by atoms with Gasteiger partial charge in [0.1, 0.15) is 0 Å². The first kappa shape index (κ1) is 40.7. The van der Waals surface area contributed by atoms with Crippen LogP contribution < -0.4 is 5.30 Å². The molecule has 6 nitrogen and oxygen atoms in total. The molecule has 0 aliphatic rings. The molecule has 0 amide bonds. The highest BCUT2D eigenvalue weighted by Crippen LogP contribution is 2.49. The summed E-state index contributed by atoms with van der Waals surface area (Å²) in [6.45, 7) is 12.0. The molecule has 0 radical (unpaired) electrons. The van der Waals surface area contributed by atoms with Crippen LogP contribution in [-0.4, -0.2) is 34.1 Å². The molecule has 0 heterocycles. The first-order chi connectivity index (χ1) is 22.4. The maximum atomic E-state index is 12.4. The number of methoxy groups -OCH3 is 1. The summed E-state index contributed by atoms with van der Waals surface area (Å²) in [4.78, 5) is 12.0. The summed E-state index contributed by atoms with van der Waals surface area (Å²) in [5, 5.41) is 3.11. The third kappa shape index (κ3) is 12.1. The SMILES string of the molecule is CC.CC.CC.COC(=O)P(OC)c1ccc(C=Cc2cc3ccccc3cc2C=Cc2ccc(CP(=O)(OC)OC)cc2)cc1. The zero-order valence-corrected chi connectivity index (χ0v) is 30.7. The second-order valence-corrected chi connectivity index (χ2v) is 13.0. The van der Waals surface area contributed by atoms with Crippen LogP contribution in [0.2, 0.25) is 0 Å². The number of benzene rings is 4. The van der Waals surface area contributed by atoms with E-state index < -0.39 is 15.7 Å². The van der Waals surface area contributed by atoms with E-state index in [0.29, 0.717) is 0 Å². The minimum absolute atomic E-state index is 0.223. The lowest BCUT2D eigenvalue weighted by Crippen LogP contribution is -2.09. The maximum absolute atomic E-state index is 12.4. The van der Waals surface area contributed by atoms with Crippen LogP contribution in [-0.2, 0) is 29.0 Å². The quantitative estimate of drug-likeness (QED) is 0.117. The average molecular weight is 665 g/mol. The fourth-order valence-corrected chi connectivity index (χ4v) is 6.41. The molecule has 0 aromatic heterocycles. The normalized spacial score (nSPS) is 11.5. The van der Waals surface area contributed by atoms with Crippen molar-refractivity contribution in [2.45, 2.75) is 47.7 Å². The van der Waals surface area contributed by atoms with Crippen molar-refractivity contribution < 1.29 is 27.7 Å². The van der Waals surface area contributed by atoms with E-state index in [9.17, 15) is 9.36 Å². The molecule has 0 saturated carbocycles. The van der Waals surface area contributed by atoms with Crippen LogP contribution in [0.25, 0.3) is 35.1 Å². The zero-order valence-electron chi connectivity index (χ0n) is 28.9. The van der Waals surface area contributed by atoms with Crippen LogP contribution in [0.1, 0.15) is 69.4 Å². The summed E-state index contributed by atoms with van der Waals surface area (Å²) in [5.74, 6) is 0. The van der Waals surface area contributed by atoms with Crippen LogP contribution in [0.3, 0.4) is 0 Å². The Balaban J connectivity index is 0.00000166. The Kier molecular flexibility index (Phi) is 19.6.